The van der Waals surface area contributed by atoms with Crippen molar-refractivity contribution in [2.75, 3.05) is 48.7 Å². The summed E-state index contributed by atoms with van der Waals surface area (Å²) < 4.78 is 19.1. The number of aromatic nitrogens is 1. The van der Waals surface area contributed by atoms with Crippen LogP contribution in [0, 0.1) is 17.2 Å². The van der Waals surface area contributed by atoms with Crippen LogP contribution in [0.2, 0.25) is 0 Å². The SMILES string of the molecule is O=C(Nc1cc(Oc2ccc(NC(=O)C3(C(=O)Nc4ccc(F)cc4)CC3)cc2)ccn1)N1CCC(CN2CCC2)CC1. The zero-order valence-corrected chi connectivity index (χ0v) is 23.9. The lowest BCUT2D eigenvalue weighted by atomic mass is 9.95. The fraction of sp³-hybridized carbons (Fsp3) is 0.375. The van der Waals surface area contributed by atoms with Crippen molar-refractivity contribution in [2.45, 2.75) is 32.1 Å². The van der Waals surface area contributed by atoms with Crippen molar-refractivity contribution in [2.24, 2.45) is 11.3 Å². The molecule has 3 heterocycles. The van der Waals surface area contributed by atoms with Crippen LogP contribution in [-0.4, -0.2) is 65.4 Å². The van der Waals surface area contributed by atoms with Crippen molar-refractivity contribution in [3.05, 3.63) is 72.7 Å². The monoisotopic (exact) mass is 586 g/mol. The van der Waals surface area contributed by atoms with Gasteiger partial charge in [-0.25, -0.2) is 14.2 Å². The molecule has 0 radical (unpaired) electrons. The number of halogens is 1. The average Bonchev–Trinajstić information content (AvgIpc) is 3.80. The molecule has 0 atom stereocenters. The Hall–Kier alpha value is -4.51. The minimum Gasteiger partial charge on any atom is -0.457 e. The smallest absolute Gasteiger partial charge is 0.323 e. The van der Waals surface area contributed by atoms with E-state index in [9.17, 15) is 18.8 Å². The fourth-order valence-electron chi connectivity index (χ4n) is 5.44. The van der Waals surface area contributed by atoms with Gasteiger partial charge in [0.1, 0.15) is 28.5 Å². The second-order valence-corrected chi connectivity index (χ2v) is 11.5. The molecule has 10 nitrogen and oxygen atoms in total. The fourth-order valence-corrected chi connectivity index (χ4v) is 5.44. The molecule has 2 aromatic carbocycles. The number of carbonyl (C=O) groups excluding carboxylic acids is 3. The first-order chi connectivity index (χ1) is 20.9. The Morgan fingerprint density at radius 1 is 0.837 bits per heavy atom. The number of nitrogens with one attached hydrogen (secondary N) is 3. The molecular weight excluding hydrogens is 551 g/mol. The van der Waals surface area contributed by atoms with E-state index < -0.39 is 23.0 Å². The lowest BCUT2D eigenvalue weighted by molar-refractivity contribution is -0.131. The number of likely N-dealkylation sites (tertiary alicyclic amines) is 2. The van der Waals surface area contributed by atoms with E-state index in [1.54, 1.807) is 42.6 Å². The van der Waals surface area contributed by atoms with Gasteiger partial charge in [0, 0.05) is 43.3 Å². The van der Waals surface area contributed by atoms with Gasteiger partial charge in [-0.05, 0) is 106 Å². The highest BCUT2D eigenvalue weighted by molar-refractivity contribution is 6.16. The minimum atomic E-state index is -1.15. The first-order valence-corrected chi connectivity index (χ1v) is 14.8. The third-order valence-electron chi connectivity index (χ3n) is 8.40. The Morgan fingerprint density at radius 2 is 1.47 bits per heavy atom. The number of hydrogen-bond acceptors (Lipinski definition) is 6. The van der Waals surface area contributed by atoms with Gasteiger partial charge in [-0.1, -0.05) is 0 Å². The topological polar surface area (TPSA) is 116 Å². The highest BCUT2D eigenvalue weighted by atomic mass is 19.1. The summed E-state index contributed by atoms with van der Waals surface area (Å²) in [5.74, 6) is 0.882. The summed E-state index contributed by atoms with van der Waals surface area (Å²) in [6, 6.07) is 15.4. The minimum absolute atomic E-state index is 0.160. The molecule has 1 saturated carbocycles. The molecule has 3 aliphatic rings. The Labute approximate surface area is 249 Å². The van der Waals surface area contributed by atoms with Crippen molar-refractivity contribution in [1.29, 1.82) is 0 Å². The van der Waals surface area contributed by atoms with E-state index in [2.05, 4.69) is 25.8 Å². The van der Waals surface area contributed by atoms with Crippen LogP contribution in [0.15, 0.2) is 66.9 Å². The summed E-state index contributed by atoms with van der Waals surface area (Å²) >= 11 is 0. The lowest BCUT2D eigenvalue weighted by Gasteiger charge is -2.38. The Kier molecular flexibility index (Phi) is 8.24. The summed E-state index contributed by atoms with van der Waals surface area (Å²) in [6.45, 7) is 5.02. The molecule has 0 bridgehead atoms. The van der Waals surface area contributed by atoms with Gasteiger partial charge in [0.25, 0.3) is 0 Å². The van der Waals surface area contributed by atoms with Crippen molar-refractivity contribution in [1.82, 2.24) is 14.8 Å². The molecule has 3 fully saturated rings. The molecule has 3 N–H and O–H groups in total. The number of piperidine rings is 1. The molecule has 0 spiro atoms. The second-order valence-electron chi connectivity index (χ2n) is 11.5. The number of rotatable bonds is 9. The molecular formula is C32H35FN6O4. The summed E-state index contributed by atoms with van der Waals surface area (Å²) in [5, 5.41) is 8.39. The molecule has 2 saturated heterocycles. The van der Waals surface area contributed by atoms with Gasteiger partial charge in [-0.2, -0.15) is 0 Å². The first kappa shape index (κ1) is 28.6. The van der Waals surface area contributed by atoms with E-state index >= 15 is 0 Å². The Bertz CT molecular complexity index is 1470. The molecule has 3 aromatic rings. The van der Waals surface area contributed by atoms with Gasteiger partial charge in [0.05, 0.1) is 0 Å². The standard InChI is InChI=1S/C32H35FN6O4/c33-23-2-4-24(5-3-23)35-29(40)32(13-14-32)30(41)36-25-6-8-26(9-7-25)43-27-10-15-34-28(20-27)37-31(42)39-18-11-22(12-19-39)21-38-16-1-17-38/h2-10,15,20,22H,1,11-14,16-19,21H2,(H,35,40)(H,36,41)(H,34,37,42). The summed E-state index contributed by atoms with van der Waals surface area (Å²) in [4.78, 5) is 47.2. The largest absolute Gasteiger partial charge is 0.457 e. The average molecular weight is 587 g/mol. The number of amides is 4. The number of anilines is 3. The Morgan fingerprint density at radius 3 is 2.05 bits per heavy atom. The van der Waals surface area contributed by atoms with Crippen LogP contribution in [-0.2, 0) is 9.59 Å². The number of nitrogens with zero attached hydrogens (tertiary/aromatic N) is 3. The third kappa shape index (κ3) is 6.94. The third-order valence-corrected chi connectivity index (χ3v) is 8.40. The van der Waals surface area contributed by atoms with Gasteiger partial charge in [0.15, 0.2) is 0 Å². The predicted octanol–water partition coefficient (Wildman–Crippen LogP) is 5.32. The molecule has 0 unspecified atom stereocenters. The number of ether oxygens (including phenoxy) is 1. The van der Waals surface area contributed by atoms with Crippen LogP contribution < -0.4 is 20.7 Å². The van der Waals surface area contributed by atoms with E-state index in [0.29, 0.717) is 47.5 Å². The van der Waals surface area contributed by atoms with E-state index in [1.165, 1.54) is 43.8 Å². The quantitative estimate of drug-likeness (QED) is 0.293. The highest BCUT2D eigenvalue weighted by Crippen LogP contribution is 2.47. The van der Waals surface area contributed by atoms with E-state index in [-0.39, 0.29) is 6.03 Å². The predicted molar refractivity (Wildman–Crippen MR) is 160 cm³/mol. The van der Waals surface area contributed by atoms with Crippen LogP contribution in [0.4, 0.5) is 26.4 Å². The highest BCUT2D eigenvalue weighted by Gasteiger charge is 2.56. The molecule has 1 aromatic heterocycles. The zero-order valence-electron chi connectivity index (χ0n) is 23.9. The maximum Gasteiger partial charge on any atom is 0.323 e. The molecule has 2 aliphatic heterocycles. The van der Waals surface area contributed by atoms with Crippen LogP contribution in [0.5, 0.6) is 11.5 Å². The molecule has 1 aliphatic carbocycles. The van der Waals surface area contributed by atoms with Gasteiger partial charge >= 0.3 is 6.03 Å². The summed E-state index contributed by atoms with van der Waals surface area (Å²) in [5.41, 5.74) is -0.191. The number of pyridine rings is 1. The normalized spacial score (nSPS) is 17.8. The van der Waals surface area contributed by atoms with Crippen LogP contribution in [0.1, 0.15) is 32.1 Å². The van der Waals surface area contributed by atoms with Gasteiger partial charge in [-0.3, -0.25) is 14.9 Å². The molecule has 43 heavy (non-hydrogen) atoms. The van der Waals surface area contributed by atoms with E-state index in [0.717, 1.165) is 32.5 Å². The van der Waals surface area contributed by atoms with E-state index in [4.69, 9.17) is 4.74 Å². The number of urea groups is 1. The molecule has 224 valence electrons. The van der Waals surface area contributed by atoms with Crippen molar-refractivity contribution in [3.8, 4) is 11.5 Å². The molecule has 11 heteroatoms. The first-order valence-electron chi connectivity index (χ1n) is 14.8. The zero-order chi connectivity index (χ0) is 29.8. The van der Waals surface area contributed by atoms with Crippen LogP contribution >= 0.6 is 0 Å². The van der Waals surface area contributed by atoms with Crippen molar-refractivity contribution >= 4 is 35.0 Å². The van der Waals surface area contributed by atoms with Gasteiger partial charge in [0.2, 0.25) is 11.8 Å². The molecule has 6 rings (SSSR count). The van der Waals surface area contributed by atoms with Gasteiger partial charge < -0.3 is 25.2 Å². The maximum atomic E-state index is 13.2. The van der Waals surface area contributed by atoms with Gasteiger partial charge in [-0.15, -0.1) is 0 Å². The van der Waals surface area contributed by atoms with Crippen molar-refractivity contribution in [3.63, 3.8) is 0 Å². The number of hydrogen-bond donors (Lipinski definition) is 3. The number of benzene rings is 2. The van der Waals surface area contributed by atoms with Crippen molar-refractivity contribution < 1.29 is 23.5 Å². The lowest BCUT2D eigenvalue weighted by Crippen LogP contribution is -2.46. The molecule has 4 amide bonds. The Balaban J connectivity index is 0.985. The van der Waals surface area contributed by atoms with Crippen LogP contribution in [0.25, 0.3) is 0 Å². The number of carbonyl (C=O) groups is 3. The summed E-state index contributed by atoms with van der Waals surface area (Å²) in [7, 11) is 0. The van der Waals surface area contributed by atoms with E-state index in [1.807, 2.05) is 4.90 Å². The second kappa shape index (κ2) is 12.4. The maximum absolute atomic E-state index is 13.2. The summed E-state index contributed by atoms with van der Waals surface area (Å²) in [6.07, 6.45) is 5.77. The van der Waals surface area contributed by atoms with Crippen LogP contribution in [0.3, 0.4) is 0 Å².